The van der Waals surface area contributed by atoms with E-state index in [1.54, 1.807) is 24.3 Å². The largest absolute Gasteiger partial charge is 0.293 e. The highest BCUT2D eigenvalue weighted by atomic mass is 16.1. The first-order chi connectivity index (χ1) is 15.4. The van der Waals surface area contributed by atoms with Crippen LogP contribution in [0.1, 0.15) is 91.8 Å². The summed E-state index contributed by atoms with van der Waals surface area (Å²) in [6.45, 7) is 6.78. The lowest BCUT2D eigenvalue weighted by molar-refractivity contribution is 0.0958. The number of carbonyl (C=O) groups excluding carboxylic acids is 1. The van der Waals surface area contributed by atoms with Crippen LogP contribution in [0.3, 0.4) is 0 Å². The molecule has 0 aliphatic heterocycles. The van der Waals surface area contributed by atoms with Gasteiger partial charge in [-0.3, -0.25) is 4.79 Å². The van der Waals surface area contributed by atoms with E-state index >= 15 is 0 Å². The van der Waals surface area contributed by atoms with E-state index in [1.807, 2.05) is 0 Å². The summed E-state index contributed by atoms with van der Waals surface area (Å²) in [4.78, 5) is 13.6. The van der Waals surface area contributed by atoms with Gasteiger partial charge in [0.2, 0.25) is 0 Å². The van der Waals surface area contributed by atoms with Crippen molar-refractivity contribution in [2.75, 3.05) is 0 Å². The van der Waals surface area contributed by atoms with E-state index in [-0.39, 0.29) is 11.7 Å². The zero-order valence-electron chi connectivity index (χ0n) is 19.7. The minimum absolute atomic E-state index is 0.145. The van der Waals surface area contributed by atoms with Crippen molar-refractivity contribution in [2.45, 2.75) is 71.6 Å². The molecule has 3 unspecified atom stereocenters. The van der Waals surface area contributed by atoms with E-state index in [4.69, 9.17) is 5.26 Å². The van der Waals surface area contributed by atoms with Crippen molar-refractivity contribution in [1.82, 2.24) is 0 Å². The van der Waals surface area contributed by atoms with Gasteiger partial charge in [0.25, 0.3) is 0 Å². The van der Waals surface area contributed by atoms with Crippen molar-refractivity contribution in [3.63, 3.8) is 0 Å². The summed E-state index contributed by atoms with van der Waals surface area (Å²) in [5.41, 5.74) is 5.44. The molecule has 4 rings (SSSR count). The molecule has 2 aliphatic rings. The summed E-state index contributed by atoms with van der Waals surface area (Å²) in [5.74, 6) is 1.51. The topological polar surface area (TPSA) is 40.9 Å². The second-order valence-corrected chi connectivity index (χ2v) is 10.2. The van der Waals surface area contributed by atoms with Crippen LogP contribution >= 0.6 is 0 Å². The summed E-state index contributed by atoms with van der Waals surface area (Å²) < 4.78 is 0. The molecule has 166 valence electrons. The molecular formula is C30H35NO. The molecule has 0 bridgehead atoms. The Bertz CT molecular complexity index is 1020. The molecule has 0 amide bonds. The van der Waals surface area contributed by atoms with Crippen LogP contribution in [0, 0.1) is 35.5 Å². The van der Waals surface area contributed by atoms with E-state index in [0.29, 0.717) is 22.5 Å². The molecule has 2 heteroatoms. The smallest absolute Gasteiger partial charge is 0.170 e. The van der Waals surface area contributed by atoms with Gasteiger partial charge >= 0.3 is 0 Å². The number of aryl methyl sites for hydroxylation is 1. The first kappa shape index (κ1) is 22.5. The number of Topliss-reactive ketones (excluding diaryl/α,β-unsaturated/α-hetero) is 1. The number of hydrogen-bond donors (Lipinski definition) is 0. The number of allylic oxidation sites excluding steroid dienone is 2. The van der Waals surface area contributed by atoms with Crippen molar-refractivity contribution in [3.8, 4) is 6.07 Å². The van der Waals surface area contributed by atoms with E-state index in [9.17, 15) is 4.79 Å². The molecule has 2 saturated carbocycles. The normalized spacial score (nSPS) is 24.2. The summed E-state index contributed by atoms with van der Waals surface area (Å²) in [6, 6.07) is 17.6. The van der Waals surface area contributed by atoms with Gasteiger partial charge in [-0.2, -0.15) is 5.26 Å². The van der Waals surface area contributed by atoms with Crippen LogP contribution in [-0.2, 0) is 0 Å². The molecule has 2 aliphatic carbocycles. The van der Waals surface area contributed by atoms with Crippen LogP contribution in [0.25, 0.3) is 0 Å². The van der Waals surface area contributed by atoms with Crippen LogP contribution in [0.15, 0.2) is 60.2 Å². The van der Waals surface area contributed by atoms with Crippen molar-refractivity contribution in [3.05, 3.63) is 82.4 Å². The molecule has 0 radical (unpaired) electrons. The van der Waals surface area contributed by atoms with Gasteiger partial charge in [-0.15, -0.1) is 0 Å². The second kappa shape index (κ2) is 9.45. The van der Waals surface area contributed by atoms with Gasteiger partial charge in [0.1, 0.15) is 0 Å². The van der Waals surface area contributed by atoms with E-state index in [1.165, 1.54) is 43.2 Å². The fourth-order valence-corrected chi connectivity index (χ4v) is 5.67. The van der Waals surface area contributed by atoms with E-state index in [0.717, 1.165) is 24.3 Å². The van der Waals surface area contributed by atoms with E-state index in [2.05, 4.69) is 57.2 Å². The Hall–Kier alpha value is -2.66. The van der Waals surface area contributed by atoms with Gasteiger partial charge in [-0.1, -0.05) is 80.3 Å². The molecule has 0 spiro atoms. The highest BCUT2D eigenvalue weighted by Crippen LogP contribution is 2.62. The first-order valence-electron chi connectivity index (χ1n) is 12.2. The minimum Gasteiger partial charge on any atom is -0.293 e. The standard InChI is InChI=1S/C30H35NO/c1-4-22(17-27-19-30(27,3)26-7-5-6-8-26)18-28(24-13-9-21(2)10-14-24)29(32)25-15-11-23(20-31)12-16-25/h9-17,26-28H,4-8,18-19H2,1-3H3/b22-17+. The SMILES string of the molecule is CC/C(=C\C1CC1(C)C1CCCC1)CC(C(=O)c1ccc(C#N)cc1)c1ccc(C)cc1. The third-order valence-corrected chi connectivity index (χ3v) is 8.09. The lowest BCUT2D eigenvalue weighted by atomic mass is 9.83. The predicted molar refractivity (Wildman–Crippen MR) is 131 cm³/mol. The number of carbonyl (C=O) groups is 1. The fraction of sp³-hybridized carbons (Fsp3) is 0.467. The third kappa shape index (κ3) is 4.73. The average Bonchev–Trinajstić information content (AvgIpc) is 3.20. The average molecular weight is 426 g/mol. The number of nitriles is 1. The number of benzene rings is 2. The van der Waals surface area contributed by atoms with Crippen LogP contribution < -0.4 is 0 Å². The Kier molecular flexibility index (Phi) is 6.66. The molecule has 0 N–H and O–H groups in total. The second-order valence-electron chi connectivity index (χ2n) is 10.2. The Morgan fingerprint density at radius 1 is 1.12 bits per heavy atom. The third-order valence-electron chi connectivity index (χ3n) is 8.09. The first-order valence-corrected chi connectivity index (χ1v) is 12.2. The highest BCUT2D eigenvalue weighted by Gasteiger charge is 2.53. The van der Waals surface area contributed by atoms with Crippen molar-refractivity contribution in [1.29, 1.82) is 5.26 Å². The van der Waals surface area contributed by atoms with Crippen LogP contribution in [0.4, 0.5) is 0 Å². The lowest BCUT2D eigenvalue weighted by Gasteiger charge is -2.21. The molecule has 0 aromatic heterocycles. The van der Waals surface area contributed by atoms with Gasteiger partial charge in [0, 0.05) is 5.56 Å². The highest BCUT2D eigenvalue weighted by molar-refractivity contribution is 6.01. The van der Waals surface area contributed by atoms with Gasteiger partial charge in [0.05, 0.1) is 17.6 Å². The minimum atomic E-state index is -0.189. The molecule has 2 aromatic rings. The number of nitrogens with zero attached hydrogens (tertiary/aromatic N) is 1. The van der Waals surface area contributed by atoms with Gasteiger partial charge in [-0.05, 0) is 74.0 Å². The van der Waals surface area contributed by atoms with Gasteiger partial charge < -0.3 is 0 Å². The molecular weight excluding hydrogens is 390 g/mol. The fourth-order valence-electron chi connectivity index (χ4n) is 5.67. The molecule has 0 saturated heterocycles. The zero-order chi connectivity index (χ0) is 22.7. The van der Waals surface area contributed by atoms with Crippen molar-refractivity contribution >= 4 is 5.78 Å². The molecule has 2 aromatic carbocycles. The predicted octanol–water partition coefficient (Wildman–Crippen LogP) is 7.78. The summed E-state index contributed by atoms with van der Waals surface area (Å²) in [6.07, 6.45) is 11.2. The Balaban J connectivity index is 1.58. The summed E-state index contributed by atoms with van der Waals surface area (Å²) in [5, 5.41) is 9.10. The van der Waals surface area contributed by atoms with Gasteiger partial charge in [-0.25, -0.2) is 0 Å². The number of ketones is 1. The zero-order valence-corrected chi connectivity index (χ0v) is 19.7. The maximum Gasteiger partial charge on any atom is 0.170 e. The summed E-state index contributed by atoms with van der Waals surface area (Å²) >= 11 is 0. The molecule has 2 nitrogen and oxygen atoms in total. The quantitative estimate of drug-likeness (QED) is 0.320. The van der Waals surface area contributed by atoms with Gasteiger partial charge in [0.15, 0.2) is 5.78 Å². The Morgan fingerprint density at radius 2 is 1.78 bits per heavy atom. The van der Waals surface area contributed by atoms with Crippen LogP contribution in [0.2, 0.25) is 0 Å². The molecule has 2 fully saturated rings. The Labute approximate surface area is 193 Å². The number of hydrogen-bond acceptors (Lipinski definition) is 2. The molecule has 0 heterocycles. The number of rotatable bonds is 8. The lowest BCUT2D eigenvalue weighted by Crippen LogP contribution is -2.15. The van der Waals surface area contributed by atoms with E-state index < -0.39 is 0 Å². The maximum absolute atomic E-state index is 13.6. The van der Waals surface area contributed by atoms with Crippen molar-refractivity contribution < 1.29 is 4.79 Å². The Morgan fingerprint density at radius 3 is 2.38 bits per heavy atom. The maximum atomic E-state index is 13.6. The van der Waals surface area contributed by atoms with Crippen molar-refractivity contribution in [2.24, 2.45) is 17.3 Å². The van der Waals surface area contributed by atoms with Crippen LogP contribution in [0.5, 0.6) is 0 Å². The van der Waals surface area contributed by atoms with Crippen LogP contribution in [-0.4, -0.2) is 5.78 Å². The molecule has 32 heavy (non-hydrogen) atoms. The monoisotopic (exact) mass is 425 g/mol. The summed E-state index contributed by atoms with van der Waals surface area (Å²) in [7, 11) is 0. The molecule has 3 atom stereocenters.